The Balaban J connectivity index is 1.69. The van der Waals surface area contributed by atoms with Crippen molar-refractivity contribution >= 4 is 11.6 Å². The van der Waals surface area contributed by atoms with Crippen LogP contribution in [0.25, 0.3) is 11.3 Å². The average Bonchev–Trinajstić information content (AvgIpc) is 3.11. The van der Waals surface area contributed by atoms with E-state index >= 15 is 0 Å². The minimum Gasteiger partial charge on any atom is -0.358 e. The molecule has 0 amide bonds. The van der Waals surface area contributed by atoms with E-state index in [-0.39, 0.29) is 18.6 Å². The summed E-state index contributed by atoms with van der Waals surface area (Å²) in [5.41, 5.74) is 4.72. The van der Waals surface area contributed by atoms with Crippen molar-refractivity contribution in [3.63, 3.8) is 0 Å². The summed E-state index contributed by atoms with van der Waals surface area (Å²) in [5.74, 6) is -1.44. The molecule has 0 fully saturated rings. The lowest BCUT2D eigenvalue weighted by atomic mass is 9.81. The van der Waals surface area contributed by atoms with Gasteiger partial charge in [0, 0.05) is 54.4 Å². The highest BCUT2D eigenvalue weighted by Crippen LogP contribution is 2.37. The van der Waals surface area contributed by atoms with Crippen LogP contribution in [0.3, 0.4) is 0 Å². The SMILES string of the molecule is O=C1CC(C(=O)CCC(F)(F)F)Cc2[nH]c(-c3ccncc3)c(Cc3ccccc3)c21. The summed E-state index contributed by atoms with van der Waals surface area (Å²) in [5, 5.41) is 0. The molecule has 1 aliphatic carbocycles. The van der Waals surface area contributed by atoms with Crippen LogP contribution in [-0.4, -0.2) is 27.7 Å². The third-order valence-electron chi connectivity index (χ3n) is 5.65. The highest BCUT2D eigenvalue weighted by atomic mass is 19.4. The van der Waals surface area contributed by atoms with Crippen LogP contribution in [0.1, 0.15) is 46.4 Å². The van der Waals surface area contributed by atoms with E-state index in [1.807, 2.05) is 42.5 Å². The Morgan fingerprint density at radius 2 is 1.77 bits per heavy atom. The predicted octanol–water partition coefficient (Wildman–Crippen LogP) is 5.32. The van der Waals surface area contributed by atoms with E-state index in [0.717, 1.165) is 22.4 Å². The molecule has 2 aromatic heterocycles. The largest absolute Gasteiger partial charge is 0.389 e. The predicted molar refractivity (Wildman–Crippen MR) is 110 cm³/mol. The molecule has 0 saturated carbocycles. The molecule has 4 nitrogen and oxygen atoms in total. The van der Waals surface area contributed by atoms with E-state index in [2.05, 4.69) is 9.97 Å². The lowest BCUT2D eigenvalue weighted by Gasteiger charge is -2.21. The van der Waals surface area contributed by atoms with E-state index in [4.69, 9.17) is 0 Å². The van der Waals surface area contributed by atoms with Crippen LogP contribution in [0.15, 0.2) is 54.9 Å². The van der Waals surface area contributed by atoms with Crippen LogP contribution in [-0.2, 0) is 17.6 Å². The smallest absolute Gasteiger partial charge is 0.358 e. The van der Waals surface area contributed by atoms with E-state index in [1.54, 1.807) is 12.4 Å². The van der Waals surface area contributed by atoms with E-state index in [1.165, 1.54) is 0 Å². The molecule has 3 aromatic rings. The fraction of sp³-hybridized carbons (Fsp3) is 0.292. The molecule has 7 heteroatoms. The molecule has 0 spiro atoms. The molecule has 0 saturated heterocycles. The lowest BCUT2D eigenvalue weighted by molar-refractivity contribution is -0.144. The third-order valence-corrected chi connectivity index (χ3v) is 5.65. The van der Waals surface area contributed by atoms with Gasteiger partial charge >= 0.3 is 6.18 Å². The molecule has 0 radical (unpaired) electrons. The number of pyridine rings is 1. The van der Waals surface area contributed by atoms with Gasteiger partial charge in [-0.1, -0.05) is 30.3 Å². The van der Waals surface area contributed by atoms with Crippen molar-refractivity contribution in [2.24, 2.45) is 5.92 Å². The molecule has 1 aliphatic rings. The number of halogens is 3. The summed E-state index contributed by atoms with van der Waals surface area (Å²) in [4.78, 5) is 32.8. The molecule has 1 aromatic carbocycles. The summed E-state index contributed by atoms with van der Waals surface area (Å²) < 4.78 is 37.6. The fourth-order valence-electron chi connectivity index (χ4n) is 4.17. The second-order valence-corrected chi connectivity index (χ2v) is 7.84. The Kier molecular flexibility index (Phi) is 5.76. The zero-order valence-electron chi connectivity index (χ0n) is 16.7. The van der Waals surface area contributed by atoms with Crippen molar-refractivity contribution < 1.29 is 22.8 Å². The molecular formula is C24H21F3N2O2. The topological polar surface area (TPSA) is 62.8 Å². The molecule has 2 heterocycles. The van der Waals surface area contributed by atoms with Gasteiger partial charge in [-0.25, -0.2) is 0 Å². The zero-order chi connectivity index (χ0) is 22.0. The number of carbonyl (C=O) groups is 2. The quantitative estimate of drug-likeness (QED) is 0.580. The van der Waals surface area contributed by atoms with Crippen LogP contribution in [0.4, 0.5) is 13.2 Å². The first kappa shape index (κ1) is 21.0. The first-order valence-electron chi connectivity index (χ1n) is 10.1. The second-order valence-electron chi connectivity index (χ2n) is 7.84. The van der Waals surface area contributed by atoms with Crippen LogP contribution >= 0.6 is 0 Å². The van der Waals surface area contributed by atoms with Crippen molar-refractivity contribution in [3.05, 3.63) is 77.2 Å². The monoisotopic (exact) mass is 426 g/mol. The molecule has 0 bridgehead atoms. The normalized spacial score (nSPS) is 16.2. The number of Topliss-reactive ketones (excluding diaryl/α,β-unsaturated/α-hetero) is 2. The number of rotatable bonds is 6. The molecule has 4 rings (SSSR count). The standard InChI is InChI=1S/C24H21F3N2O2/c25-24(26,27)9-6-20(30)17-13-19-22(21(31)14-17)18(12-15-4-2-1-3-5-15)23(29-19)16-7-10-28-11-8-16/h1-5,7-8,10-11,17,29H,6,9,12-14H2. The number of hydrogen-bond acceptors (Lipinski definition) is 3. The number of carbonyl (C=O) groups excluding carboxylic acids is 2. The number of aromatic nitrogens is 2. The first-order chi connectivity index (χ1) is 14.8. The van der Waals surface area contributed by atoms with Gasteiger partial charge in [0.05, 0.1) is 12.1 Å². The molecule has 160 valence electrons. The summed E-state index contributed by atoms with van der Waals surface area (Å²) in [7, 11) is 0. The van der Waals surface area contributed by atoms with Crippen LogP contribution in [0.5, 0.6) is 0 Å². The number of aromatic amines is 1. The Labute approximate surface area is 177 Å². The average molecular weight is 426 g/mol. The van der Waals surface area contributed by atoms with E-state index < -0.39 is 30.7 Å². The van der Waals surface area contributed by atoms with E-state index in [9.17, 15) is 22.8 Å². The number of fused-ring (bicyclic) bond motifs is 1. The molecule has 1 atom stereocenters. The third kappa shape index (κ3) is 4.76. The zero-order valence-corrected chi connectivity index (χ0v) is 16.7. The maximum atomic E-state index is 13.1. The van der Waals surface area contributed by atoms with Gasteiger partial charge in [-0.2, -0.15) is 13.2 Å². The Morgan fingerprint density at radius 1 is 1.06 bits per heavy atom. The van der Waals surface area contributed by atoms with Gasteiger partial charge in [0.25, 0.3) is 0 Å². The molecule has 1 unspecified atom stereocenters. The van der Waals surface area contributed by atoms with Gasteiger partial charge in [0.15, 0.2) is 5.78 Å². The summed E-state index contributed by atoms with van der Waals surface area (Å²) in [6.45, 7) is 0. The first-order valence-corrected chi connectivity index (χ1v) is 10.1. The highest BCUT2D eigenvalue weighted by molar-refractivity contribution is 6.04. The van der Waals surface area contributed by atoms with Gasteiger partial charge < -0.3 is 4.98 Å². The van der Waals surface area contributed by atoms with Crippen molar-refractivity contribution in [2.45, 2.75) is 38.3 Å². The van der Waals surface area contributed by atoms with Crippen LogP contribution < -0.4 is 0 Å². The van der Waals surface area contributed by atoms with Crippen LogP contribution in [0, 0.1) is 5.92 Å². The number of H-pyrrole nitrogens is 1. The molecule has 31 heavy (non-hydrogen) atoms. The number of hydrogen-bond donors (Lipinski definition) is 1. The fourth-order valence-corrected chi connectivity index (χ4v) is 4.17. The maximum Gasteiger partial charge on any atom is 0.389 e. The summed E-state index contributed by atoms with van der Waals surface area (Å²) >= 11 is 0. The lowest BCUT2D eigenvalue weighted by Crippen LogP contribution is -2.27. The van der Waals surface area contributed by atoms with Crippen LogP contribution in [0.2, 0.25) is 0 Å². The summed E-state index contributed by atoms with van der Waals surface area (Å²) in [6.07, 6.45) is -2.10. The van der Waals surface area contributed by atoms with Crippen molar-refractivity contribution in [2.75, 3.05) is 0 Å². The van der Waals surface area contributed by atoms with Gasteiger partial charge in [-0.05, 0) is 29.7 Å². The maximum absolute atomic E-state index is 13.1. The number of alkyl halides is 3. The minimum atomic E-state index is -4.39. The van der Waals surface area contributed by atoms with Gasteiger partial charge in [0.1, 0.15) is 5.78 Å². The number of nitrogens with one attached hydrogen (secondary N) is 1. The Hall–Kier alpha value is -3.22. The number of ketones is 2. The Morgan fingerprint density at radius 3 is 2.45 bits per heavy atom. The molecule has 1 N–H and O–H groups in total. The highest BCUT2D eigenvalue weighted by Gasteiger charge is 2.36. The van der Waals surface area contributed by atoms with Crippen molar-refractivity contribution in [1.82, 2.24) is 9.97 Å². The Bertz CT molecular complexity index is 1090. The van der Waals surface area contributed by atoms with Crippen molar-refractivity contribution in [1.29, 1.82) is 0 Å². The molecular weight excluding hydrogens is 405 g/mol. The van der Waals surface area contributed by atoms with Gasteiger partial charge in [-0.3, -0.25) is 14.6 Å². The van der Waals surface area contributed by atoms with E-state index in [0.29, 0.717) is 17.7 Å². The summed E-state index contributed by atoms with van der Waals surface area (Å²) in [6, 6.07) is 13.4. The second kappa shape index (κ2) is 8.49. The number of nitrogens with zero attached hydrogens (tertiary/aromatic N) is 1. The minimum absolute atomic E-state index is 0.0564. The molecule has 0 aliphatic heterocycles. The van der Waals surface area contributed by atoms with Gasteiger partial charge in [-0.15, -0.1) is 0 Å². The van der Waals surface area contributed by atoms with Crippen molar-refractivity contribution in [3.8, 4) is 11.3 Å². The van der Waals surface area contributed by atoms with Gasteiger partial charge in [0.2, 0.25) is 0 Å². The number of benzene rings is 1.